The zero-order valence-electron chi connectivity index (χ0n) is 29.4. The predicted octanol–water partition coefficient (Wildman–Crippen LogP) is 15.5. The molecule has 54 heavy (non-hydrogen) atoms. The molecule has 1 heterocycles. The van der Waals surface area contributed by atoms with E-state index in [4.69, 9.17) is 0 Å². The van der Waals surface area contributed by atoms with Crippen LogP contribution in [-0.2, 0) is 0 Å². The summed E-state index contributed by atoms with van der Waals surface area (Å²) in [6.07, 6.45) is 0. The third-order valence-electron chi connectivity index (χ3n) is 11.0. The van der Waals surface area contributed by atoms with Crippen molar-refractivity contribution in [2.24, 2.45) is 0 Å². The Balaban J connectivity index is 1.16. The van der Waals surface area contributed by atoms with E-state index in [2.05, 4.69) is 205 Å². The predicted molar refractivity (Wildman–Crippen MR) is 235 cm³/mol. The molecular formula is C52H33NS. The molecule has 0 saturated heterocycles. The van der Waals surface area contributed by atoms with Gasteiger partial charge in [-0.05, 0) is 115 Å². The van der Waals surface area contributed by atoms with Crippen LogP contribution in [0.3, 0.4) is 0 Å². The maximum atomic E-state index is 2.45. The summed E-state index contributed by atoms with van der Waals surface area (Å²) in [5.74, 6) is 0. The highest BCUT2D eigenvalue weighted by Gasteiger charge is 2.20. The Kier molecular flexibility index (Phi) is 7.11. The van der Waals surface area contributed by atoms with Gasteiger partial charge in [0, 0.05) is 36.9 Å². The third-order valence-corrected chi connectivity index (χ3v) is 12.2. The lowest BCUT2D eigenvalue weighted by Gasteiger charge is -2.27. The van der Waals surface area contributed by atoms with Gasteiger partial charge in [-0.3, -0.25) is 0 Å². The van der Waals surface area contributed by atoms with Crippen LogP contribution in [0.4, 0.5) is 17.1 Å². The molecule has 0 amide bonds. The van der Waals surface area contributed by atoms with E-state index in [-0.39, 0.29) is 0 Å². The number of hydrogen-bond donors (Lipinski definition) is 0. The van der Waals surface area contributed by atoms with Crippen molar-refractivity contribution in [3.05, 3.63) is 200 Å². The van der Waals surface area contributed by atoms with E-state index in [1.807, 2.05) is 11.3 Å². The van der Waals surface area contributed by atoms with Crippen molar-refractivity contribution in [3.8, 4) is 22.3 Å². The van der Waals surface area contributed by atoms with Crippen molar-refractivity contribution in [1.29, 1.82) is 0 Å². The van der Waals surface area contributed by atoms with E-state index in [0.717, 1.165) is 17.1 Å². The Morgan fingerprint density at radius 3 is 1.41 bits per heavy atom. The molecule has 11 rings (SSSR count). The minimum absolute atomic E-state index is 1.13. The minimum atomic E-state index is 1.13. The van der Waals surface area contributed by atoms with Crippen molar-refractivity contribution >= 4 is 91.7 Å². The van der Waals surface area contributed by atoms with Crippen LogP contribution >= 0.6 is 11.3 Å². The smallest absolute Gasteiger partial charge is 0.0540 e. The lowest BCUT2D eigenvalue weighted by atomic mass is 9.86. The summed E-state index contributed by atoms with van der Waals surface area (Å²) in [6.45, 7) is 0. The van der Waals surface area contributed by atoms with E-state index >= 15 is 0 Å². The second kappa shape index (κ2) is 12.4. The van der Waals surface area contributed by atoms with Crippen LogP contribution in [0.1, 0.15) is 0 Å². The molecule has 0 aliphatic rings. The normalized spacial score (nSPS) is 11.7. The fourth-order valence-corrected chi connectivity index (χ4v) is 9.75. The maximum Gasteiger partial charge on any atom is 0.0540 e. The van der Waals surface area contributed by atoms with E-state index in [9.17, 15) is 0 Å². The number of anilines is 3. The Morgan fingerprint density at radius 1 is 0.278 bits per heavy atom. The minimum Gasteiger partial charge on any atom is -0.310 e. The monoisotopic (exact) mass is 703 g/mol. The van der Waals surface area contributed by atoms with E-state index in [1.165, 1.54) is 85.5 Å². The molecule has 0 spiro atoms. The number of para-hydroxylation sites is 2. The van der Waals surface area contributed by atoms with Crippen LogP contribution in [0.15, 0.2) is 200 Å². The van der Waals surface area contributed by atoms with Crippen molar-refractivity contribution in [3.63, 3.8) is 0 Å². The first-order valence-electron chi connectivity index (χ1n) is 18.5. The SMILES string of the molecule is c1ccc(N(c2ccccc2)c2ccc(-c3cc4c5ccccc5c(-c5ccc6c(c5)sc5ccccc56)cc4c4ccccc34)c3ccccc23)cc1. The molecule has 0 aliphatic heterocycles. The molecule has 0 saturated carbocycles. The molecule has 2 heteroatoms. The highest BCUT2D eigenvalue weighted by Crippen LogP contribution is 2.46. The van der Waals surface area contributed by atoms with Gasteiger partial charge in [-0.15, -0.1) is 11.3 Å². The zero-order chi connectivity index (χ0) is 35.6. The molecule has 0 N–H and O–H groups in total. The van der Waals surface area contributed by atoms with Crippen LogP contribution in [0.5, 0.6) is 0 Å². The summed E-state index contributed by atoms with van der Waals surface area (Å²) in [6, 6.07) is 73.5. The number of thiophene rings is 1. The molecule has 10 aromatic carbocycles. The molecule has 0 radical (unpaired) electrons. The fourth-order valence-electron chi connectivity index (χ4n) is 8.60. The van der Waals surface area contributed by atoms with Crippen molar-refractivity contribution < 1.29 is 0 Å². The molecule has 0 aliphatic carbocycles. The number of rotatable bonds is 5. The van der Waals surface area contributed by atoms with Crippen LogP contribution in [0.25, 0.3) is 85.5 Å². The molecule has 0 bridgehead atoms. The molecule has 0 unspecified atom stereocenters. The summed E-state index contributed by atoms with van der Waals surface area (Å²) in [5.41, 5.74) is 8.42. The number of benzene rings is 10. The molecule has 11 aromatic rings. The van der Waals surface area contributed by atoms with Gasteiger partial charge < -0.3 is 4.90 Å². The largest absolute Gasteiger partial charge is 0.310 e. The number of hydrogen-bond acceptors (Lipinski definition) is 2. The summed E-state index contributed by atoms with van der Waals surface area (Å²) >= 11 is 1.88. The van der Waals surface area contributed by atoms with Crippen molar-refractivity contribution in [2.45, 2.75) is 0 Å². The molecule has 252 valence electrons. The average Bonchev–Trinajstić information content (AvgIpc) is 3.62. The average molecular weight is 704 g/mol. The Bertz CT molecular complexity index is 3170. The van der Waals surface area contributed by atoms with Crippen LogP contribution in [0, 0.1) is 0 Å². The van der Waals surface area contributed by atoms with E-state index in [0.29, 0.717) is 0 Å². The molecule has 1 aromatic heterocycles. The highest BCUT2D eigenvalue weighted by atomic mass is 32.1. The highest BCUT2D eigenvalue weighted by molar-refractivity contribution is 7.25. The summed E-state index contributed by atoms with van der Waals surface area (Å²) < 4.78 is 2.66. The number of nitrogens with zero attached hydrogens (tertiary/aromatic N) is 1. The molecule has 1 nitrogen and oxygen atoms in total. The topological polar surface area (TPSA) is 3.24 Å². The first-order chi connectivity index (χ1) is 26.8. The van der Waals surface area contributed by atoms with Crippen molar-refractivity contribution in [1.82, 2.24) is 0 Å². The van der Waals surface area contributed by atoms with Gasteiger partial charge in [0.15, 0.2) is 0 Å². The summed E-state index contributed by atoms with van der Waals surface area (Å²) in [4.78, 5) is 2.37. The van der Waals surface area contributed by atoms with E-state index in [1.54, 1.807) is 0 Å². The fraction of sp³-hybridized carbons (Fsp3) is 0. The van der Waals surface area contributed by atoms with Gasteiger partial charge in [-0.2, -0.15) is 0 Å². The van der Waals surface area contributed by atoms with Crippen molar-refractivity contribution in [2.75, 3.05) is 4.90 Å². The Labute approximate surface area is 317 Å². The van der Waals surface area contributed by atoms with Gasteiger partial charge >= 0.3 is 0 Å². The van der Waals surface area contributed by atoms with Gasteiger partial charge in [0.1, 0.15) is 0 Å². The zero-order valence-corrected chi connectivity index (χ0v) is 30.2. The van der Waals surface area contributed by atoms with Crippen LogP contribution < -0.4 is 4.90 Å². The lowest BCUT2D eigenvalue weighted by Crippen LogP contribution is -2.10. The third kappa shape index (κ3) is 4.85. The second-order valence-electron chi connectivity index (χ2n) is 14.0. The molecule has 0 fully saturated rings. The Morgan fingerprint density at radius 2 is 0.759 bits per heavy atom. The molecule has 0 atom stereocenters. The van der Waals surface area contributed by atoms with Gasteiger partial charge in [-0.1, -0.05) is 146 Å². The van der Waals surface area contributed by atoms with Gasteiger partial charge in [0.2, 0.25) is 0 Å². The summed E-state index contributed by atoms with van der Waals surface area (Å²) in [7, 11) is 0. The first kappa shape index (κ1) is 30.8. The van der Waals surface area contributed by atoms with Crippen LogP contribution in [0.2, 0.25) is 0 Å². The molecular weight excluding hydrogens is 671 g/mol. The van der Waals surface area contributed by atoms with Crippen LogP contribution in [-0.4, -0.2) is 0 Å². The lowest BCUT2D eigenvalue weighted by molar-refractivity contribution is 1.30. The Hall–Kier alpha value is -6.74. The van der Waals surface area contributed by atoms with Gasteiger partial charge in [0.05, 0.1) is 5.69 Å². The van der Waals surface area contributed by atoms with Gasteiger partial charge in [0.25, 0.3) is 0 Å². The van der Waals surface area contributed by atoms with E-state index < -0.39 is 0 Å². The van der Waals surface area contributed by atoms with Gasteiger partial charge in [-0.25, -0.2) is 0 Å². The maximum absolute atomic E-state index is 2.45. The quantitative estimate of drug-likeness (QED) is 0.161. The number of fused-ring (bicyclic) bond motifs is 9. The standard InChI is InChI=1S/C52H33NS/c1-3-15-35(16-4-1)53(36-17-5-2-6-18-36)50-30-29-42(37-19-11-12-24-43(37)50)47-33-49-39-21-8-7-20-38(39)46(32-48(49)41-23-10-9-22-40(41)47)34-27-28-45-44-25-13-14-26-51(44)54-52(45)31-34/h1-33H. The summed E-state index contributed by atoms with van der Waals surface area (Å²) in [5, 5.41) is 12.7. The first-order valence-corrected chi connectivity index (χ1v) is 19.3. The second-order valence-corrected chi connectivity index (χ2v) is 15.1.